The van der Waals surface area contributed by atoms with Gasteiger partial charge in [-0.25, -0.2) is 4.98 Å². The summed E-state index contributed by atoms with van der Waals surface area (Å²) in [5.74, 6) is 1.45. The lowest BCUT2D eigenvalue weighted by molar-refractivity contribution is 0.0340. The third-order valence-electron chi connectivity index (χ3n) is 3.62. The van der Waals surface area contributed by atoms with Gasteiger partial charge in [0.2, 0.25) is 0 Å². The van der Waals surface area contributed by atoms with E-state index >= 15 is 0 Å². The van der Waals surface area contributed by atoms with Crippen LogP contribution in [0.1, 0.15) is 44.9 Å². The van der Waals surface area contributed by atoms with Gasteiger partial charge in [0.25, 0.3) is 0 Å². The second kappa shape index (κ2) is 5.88. The van der Waals surface area contributed by atoms with Gasteiger partial charge in [0.1, 0.15) is 5.82 Å². The molecule has 2 unspecified atom stereocenters. The summed E-state index contributed by atoms with van der Waals surface area (Å²) in [7, 11) is 0. The quantitative estimate of drug-likeness (QED) is 0.909. The van der Waals surface area contributed by atoms with E-state index in [4.69, 9.17) is 15.5 Å². The molecule has 2 atom stereocenters. The first-order valence-corrected chi connectivity index (χ1v) is 7.10. The van der Waals surface area contributed by atoms with Gasteiger partial charge < -0.3 is 15.4 Å². The molecule has 4 heteroatoms. The molecule has 1 aromatic heterocycles. The van der Waals surface area contributed by atoms with E-state index in [1.807, 2.05) is 0 Å². The van der Waals surface area contributed by atoms with Crippen LogP contribution >= 0.6 is 0 Å². The molecule has 0 bridgehead atoms. The van der Waals surface area contributed by atoms with Crippen molar-refractivity contribution in [3.05, 3.63) is 23.4 Å². The van der Waals surface area contributed by atoms with Crippen LogP contribution in [0.5, 0.6) is 0 Å². The molecule has 0 amide bonds. The molecule has 1 aliphatic heterocycles. The van der Waals surface area contributed by atoms with E-state index in [2.05, 4.69) is 44.7 Å². The van der Waals surface area contributed by atoms with Gasteiger partial charge in [0, 0.05) is 18.8 Å². The molecular weight excluding hydrogens is 238 g/mol. The highest BCUT2D eigenvalue weighted by Crippen LogP contribution is 2.24. The standard InChI is InChI=1S/C15H25N3O/c1-10(2)14-5-13(7-16)6-15(17-14)18-8-12(4)19-9-11(18)3/h5-6,10-12H,7-9,16H2,1-4H3. The zero-order valence-electron chi connectivity index (χ0n) is 12.4. The van der Waals surface area contributed by atoms with Gasteiger partial charge in [-0.05, 0) is 37.5 Å². The van der Waals surface area contributed by atoms with Crippen molar-refractivity contribution in [2.75, 3.05) is 18.1 Å². The second-order valence-electron chi connectivity index (χ2n) is 5.76. The molecule has 1 saturated heterocycles. The SMILES string of the molecule is CC1CN(c2cc(CN)cc(C(C)C)n2)C(C)CO1. The van der Waals surface area contributed by atoms with Crippen LogP contribution in [0.4, 0.5) is 5.82 Å². The Balaban J connectivity index is 2.34. The van der Waals surface area contributed by atoms with E-state index in [0.717, 1.165) is 30.2 Å². The van der Waals surface area contributed by atoms with Crippen molar-refractivity contribution in [2.45, 2.75) is 52.3 Å². The molecule has 0 aromatic carbocycles. The van der Waals surface area contributed by atoms with Gasteiger partial charge in [0.05, 0.1) is 18.8 Å². The zero-order valence-corrected chi connectivity index (χ0v) is 12.4. The molecule has 0 radical (unpaired) electrons. The van der Waals surface area contributed by atoms with E-state index < -0.39 is 0 Å². The Bertz CT molecular complexity index is 433. The van der Waals surface area contributed by atoms with Crippen LogP contribution in [0.2, 0.25) is 0 Å². The molecule has 1 aliphatic rings. The predicted octanol–water partition coefficient (Wildman–Crippen LogP) is 2.28. The second-order valence-corrected chi connectivity index (χ2v) is 5.76. The molecule has 106 valence electrons. The number of hydrogen-bond acceptors (Lipinski definition) is 4. The van der Waals surface area contributed by atoms with Gasteiger partial charge in [0.15, 0.2) is 0 Å². The fourth-order valence-corrected chi connectivity index (χ4v) is 2.38. The van der Waals surface area contributed by atoms with Crippen LogP contribution in [-0.2, 0) is 11.3 Å². The van der Waals surface area contributed by atoms with Crippen molar-refractivity contribution in [1.29, 1.82) is 0 Å². The molecule has 4 nitrogen and oxygen atoms in total. The number of hydrogen-bond donors (Lipinski definition) is 1. The summed E-state index contributed by atoms with van der Waals surface area (Å²) in [6, 6.07) is 4.58. The first kappa shape index (κ1) is 14.3. The van der Waals surface area contributed by atoms with Crippen molar-refractivity contribution in [3.8, 4) is 0 Å². The molecule has 2 heterocycles. The summed E-state index contributed by atoms with van der Waals surface area (Å²) >= 11 is 0. The van der Waals surface area contributed by atoms with E-state index in [-0.39, 0.29) is 6.10 Å². The van der Waals surface area contributed by atoms with Crippen LogP contribution in [0.25, 0.3) is 0 Å². The van der Waals surface area contributed by atoms with Gasteiger partial charge >= 0.3 is 0 Å². The number of nitrogens with zero attached hydrogens (tertiary/aromatic N) is 2. The molecule has 0 spiro atoms. The van der Waals surface area contributed by atoms with Crippen molar-refractivity contribution in [1.82, 2.24) is 4.98 Å². The van der Waals surface area contributed by atoms with Crippen molar-refractivity contribution >= 4 is 5.82 Å². The number of rotatable bonds is 3. The van der Waals surface area contributed by atoms with Crippen LogP contribution in [0.15, 0.2) is 12.1 Å². The smallest absolute Gasteiger partial charge is 0.129 e. The lowest BCUT2D eigenvalue weighted by atomic mass is 10.1. The lowest BCUT2D eigenvalue weighted by Gasteiger charge is -2.38. The summed E-state index contributed by atoms with van der Waals surface area (Å²) in [6.07, 6.45) is 0.252. The maximum absolute atomic E-state index is 5.81. The Morgan fingerprint density at radius 2 is 2.16 bits per heavy atom. The van der Waals surface area contributed by atoms with Crippen LogP contribution in [0.3, 0.4) is 0 Å². The minimum absolute atomic E-state index is 0.252. The molecular formula is C15H25N3O. The van der Waals surface area contributed by atoms with Gasteiger partial charge in [-0.15, -0.1) is 0 Å². The number of ether oxygens (including phenoxy) is 1. The first-order chi connectivity index (χ1) is 9.01. The normalized spacial score (nSPS) is 24.0. The van der Waals surface area contributed by atoms with E-state index in [1.54, 1.807) is 0 Å². The average molecular weight is 263 g/mol. The fourth-order valence-electron chi connectivity index (χ4n) is 2.38. The van der Waals surface area contributed by atoms with Gasteiger partial charge in [-0.2, -0.15) is 0 Å². The van der Waals surface area contributed by atoms with Crippen molar-refractivity contribution in [2.24, 2.45) is 5.73 Å². The topological polar surface area (TPSA) is 51.4 Å². The highest BCUT2D eigenvalue weighted by Gasteiger charge is 2.25. The third kappa shape index (κ3) is 3.25. The maximum atomic E-state index is 5.81. The number of anilines is 1. The Kier molecular flexibility index (Phi) is 4.42. The van der Waals surface area contributed by atoms with E-state index in [9.17, 15) is 0 Å². The minimum Gasteiger partial charge on any atom is -0.375 e. The summed E-state index contributed by atoms with van der Waals surface area (Å²) in [4.78, 5) is 7.14. The summed E-state index contributed by atoms with van der Waals surface area (Å²) in [6.45, 7) is 10.8. The number of nitrogens with two attached hydrogens (primary N) is 1. The fraction of sp³-hybridized carbons (Fsp3) is 0.667. The van der Waals surface area contributed by atoms with Crippen molar-refractivity contribution < 1.29 is 4.74 Å². The highest BCUT2D eigenvalue weighted by atomic mass is 16.5. The number of pyridine rings is 1. The Labute approximate surface area is 116 Å². The number of morpholine rings is 1. The first-order valence-electron chi connectivity index (χ1n) is 7.10. The molecule has 19 heavy (non-hydrogen) atoms. The molecule has 1 fully saturated rings. The summed E-state index contributed by atoms with van der Waals surface area (Å²) in [5.41, 5.74) is 8.08. The highest BCUT2D eigenvalue weighted by molar-refractivity contribution is 5.45. The summed E-state index contributed by atoms with van der Waals surface area (Å²) < 4.78 is 5.68. The monoisotopic (exact) mass is 263 g/mol. The van der Waals surface area contributed by atoms with E-state index in [0.29, 0.717) is 18.5 Å². The van der Waals surface area contributed by atoms with E-state index in [1.165, 1.54) is 0 Å². The molecule has 0 aliphatic carbocycles. The predicted molar refractivity (Wildman–Crippen MR) is 78.4 cm³/mol. The largest absolute Gasteiger partial charge is 0.375 e. The molecule has 2 rings (SSSR count). The average Bonchev–Trinajstić information content (AvgIpc) is 2.40. The Hall–Kier alpha value is -1.13. The van der Waals surface area contributed by atoms with Gasteiger partial charge in [-0.3, -0.25) is 0 Å². The summed E-state index contributed by atoms with van der Waals surface area (Å²) in [5, 5.41) is 0. The minimum atomic E-state index is 0.252. The zero-order chi connectivity index (χ0) is 14.0. The maximum Gasteiger partial charge on any atom is 0.129 e. The molecule has 1 aromatic rings. The van der Waals surface area contributed by atoms with Gasteiger partial charge in [-0.1, -0.05) is 13.8 Å². The Morgan fingerprint density at radius 3 is 2.79 bits per heavy atom. The van der Waals surface area contributed by atoms with Crippen LogP contribution in [-0.4, -0.2) is 30.3 Å². The van der Waals surface area contributed by atoms with Crippen LogP contribution in [0, 0.1) is 0 Å². The van der Waals surface area contributed by atoms with Crippen molar-refractivity contribution in [3.63, 3.8) is 0 Å². The lowest BCUT2D eigenvalue weighted by Crippen LogP contribution is -2.47. The molecule has 0 saturated carbocycles. The third-order valence-corrected chi connectivity index (χ3v) is 3.62. The Morgan fingerprint density at radius 1 is 1.42 bits per heavy atom. The number of aromatic nitrogens is 1. The molecule has 2 N–H and O–H groups in total. The van der Waals surface area contributed by atoms with Crippen LogP contribution < -0.4 is 10.6 Å².